The van der Waals surface area contributed by atoms with Crippen LogP contribution in [0.3, 0.4) is 0 Å². The van der Waals surface area contributed by atoms with Gasteiger partial charge < -0.3 is 5.11 Å². The molecule has 0 spiro atoms. The highest BCUT2D eigenvalue weighted by Crippen LogP contribution is 2.18. The quantitative estimate of drug-likeness (QED) is 0.695. The minimum Gasteiger partial charge on any atom is -0.394 e. The van der Waals surface area contributed by atoms with Gasteiger partial charge in [-0.1, -0.05) is 0 Å². The van der Waals surface area contributed by atoms with E-state index in [0.717, 1.165) is 0 Å². The van der Waals surface area contributed by atoms with Gasteiger partial charge in [0, 0.05) is 4.53 Å². The maximum Gasteiger partial charge on any atom is 0.0831 e. The van der Waals surface area contributed by atoms with E-state index >= 15 is 0 Å². The Balaban J connectivity index is 2.56. The van der Waals surface area contributed by atoms with Gasteiger partial charge in [0.2, 0.25) is 0 Å². The van der Waals surface area contributed by atoms with Gasteiger partial charge in [-0.3, -0.25) is 4.90 Å². The average molecular weight is 195 g/mol. The fourth-order valence-electron chi connectivity index (χ4n) is 1.60. The second-order valence-electron chi connectivity index (χ2n) is 3.57. The van der Waals surface area contributed by atoms with Gasteiger partial charge in [0.1, 0.15) is 0 Å². The molecule has 1 aromatic rings. The molecule has 0 saturated heterocycles. The van der Waals surface area contributed by atoms with Crippen molar-refractivity contribution < 1.29 is 5.11 Å². The van der Waals surface area contributed by atoms with Crippen LogP contribution in [-0.4, -0.2) is 36.2 Å². The van der Waals surface area contributed by atoms with Gasteiger partial charge in [-0.2, -0.15) is 0 Å². The third-order valence-electron chi connectivity index (χ3n) is 2.60. The minimum atomic E-state index is -0.275. The summed E-state index contributed by atoms with van der Waals surface area (Å²) >= 11 is 1.72. The molecule has 0 aliphatic heterocycles. The van der Waals surface area contributed by atoms with E-state index < -0.39 is 0 Å². The molecule has 1 aromatic heterocycles. The predicted molar refractivity (Wildman–Crippen MR) is 56.0 cm³/mol. The number of hydrogen-bond donors (Lipinski definition) is 1. The monoisotopic (exact) mass is 195 g/mol. The van der Waals surface area contributed by atoms with Crippen molar-refractivity contribution >= 4 is 23.5 Å². The first-order valence-electron chi connectivity index (χ1n) is 4.25. The van der Waals surface area contributed by atoms with Gasteiger partial charge in [0.05, 0.1) is 12.1 Å². The molecule has 1 aliphatic rings. The summed E-state index contributed by atoms with van der Waals surface area (Å²) in [4.78, 5) is 2.04. The van der Waals surface area contributed by atoms with Gasteiger partial charge in [0.25, 0.3) is 0 Å². The van der Waals surface area contributed by atoms with Crippen LogP contribution in [0.1, 0.15) is 0 Å². The van der Waals surface area contributed by atoms with Crippen LogP contribution in [0.5, 0.6) is 0 Å². The van der Waals surface area contributed by atoms with E-state index in [9.17, 15) is 5.11 Å². The molecule has 1 aliphatic carbocycles. The van der Waals surface area contributed by atoms with Crippen molar-refractivity contribution in [3.05, 3.63) is 21.2 Å². The van der Waals surface area contributed by atoms with Gasteiger partial charge in [-0.05, 0) is 42.9 Å². The molecule has 3 heteroatoms. The van der Waals surface area contributed by atoms with Crippen LogP contribution in [0, 0.1) is 0 Å². The molecule has 0 aromatic carbocycles. The summed E-state index contributed by atoms with van der Waals surface area (Å²) in [6.45, 7) is 0.140. The molecule has 0 saturated carbocycles. The zero-order valence-corrected chi connectivity index (χ0v) is 8.64. The number of likely N-dealkylation sites (N-methyl/N-ethyl adjacent to an activating group) is 1. The number of rotatable bonds is 2. The van der Waals surface area contributed by atoms with E-state index in [1.807, 2.05) is 19.0 Å². The molecule has 2 rings (SSSR count). The Morgan fingerprint density at radius 3 is 2.77 bits per heavy atom. The van der Waals surface area contributed by atoms with Crippen LogP contribution in [0.15, 0.2) is 11.4 Å². The number of thiophene rings is 1. The van der Waals surface area contributed by atoms with Crippen molar-refractivity contribution in [1.82, 2.24) is 4.90 Å². The number of hydrogen-bond acceptors (Lipinski definition) is 3. The Labute approximate surface area is 81.4 Å². The van der Waals surface area contributed by atoms with Crippen molar-refractivity contribution in [1.29, 1.82) is 0 Å². The summed E-state index contributed by atoms with van der Waals surface area (Å²) in [5.74, 6) is 0. The third-order valence-corrected chi connectivity index (χ3v) is 3.48. The van der Waals surface area contributed by atoms with Crippen molar-refractivity contribution in [2.75, 3.05) is 20.7 Å². The highest BCUT2D eigenvalue weighted by atomic mass is 32.1. The second-order valence-corrected chi connectivity index (χ2v) is 4.52. The number of fused-ring (bicyclic) bond motifs is 1. The Bertz CT molecular complexity index is 388. The maximum absolute atomic E-state index is 9.38. The van der Waals surface area contributed by atoms with Crippen LogP contribution in [0.2, 0.25) is 0 Å². The molecule has 2 nitrogen and oxygen atoms in total. The molecule has 1 atom stereocenters. The van der Waals surface area contributed by atoms with Gasteiger partial charge in [0.15, 0.2) is 0 Å². The summed E-state index contributed by atoms with van der Waals surface area (Å²) < 4.78 is 1.27. The first kappa shape index (κ1) is 8.94. The molecular formula is C10H13NOS. The lowest BCUT2D eigenvalue weighted by atomic mass is 10.0. The number of aliphatic hydroxyl groups excluding tert-OH is 1. The molecule has 1 N–H and O–H groups in total. The fraction of sp³-hybridized carbons (Fsp3) is 0.400. The molecule has 0 radical (unpaired) electrons. The maximum atomic E-state index is 9.38. The van der Waals surface area contributed by atoms with Crippen LogP contribution in [-0.2, 0) is 0 Å². The molecular weight excluding hydrogens is 182 g/mol. The van der Waals surface area contributed by atoms with E-state index in [4.69, 9.17) is 0 Å². The summed E-state index contributed by atoms with van der Waals surface area (Å²) in [7, 11) is 3.97. The molecule has 1 unspecified atom stereocenters. The van der Waals surface area contributed by atoms with Crippen molar-refractivity contribution in [2.24, 2.45) is 0 Å². The number of nitrogens with zero attached hydrogens (tertiary/aromatic N) is 1. The van der Waals surface area contributed by atoms with E-state index in [1.165, 1.54) is 9.75 Å². The van der Waals surface area contributed by atoms with Crippen LogP contribution in [0.25, 0.3) is 12.2 Å². The van der Waals surface area contributed by atoms with Crippen molar-refractivity contribution in [2.45, 2.75) is 5.54 Å². The topological polar surface area (TPSA) is 23.5 Å². The summed E-state index contributed by atoms with van der Waals surface area (Å²) in [6, 6.07) is 2.09. The Morgan fingerprint density at radius 1 is 1.46 bits per heavy atom. The molecule has 1 heterocycles. The largest absolute Gasteiger partial charge is 0.394 e. The van der Waals surface area contributed by atoms with Crippen LogP contribution in [0.4, 0.5) is 0 Å². The fourth-order valence-corrected chi connectivity index (χ4v) is 2.49. The predicted octanol–water partition coefficient (Wildman–Crippen LogP) is -0.385. The van der Waals surface area contributed by atoms with Crippen molar-refractivity contribution in [3.63, 3.8) is 0 Å². The Hall–Kier alpha value is -0.640. The molecule has 13 heavy (non-hydrogen) atoms. The number of aliphatic hydroxyl groups is 1. The highest BCUT2D eigenvalue weighted by Gasteiger charge is 2.29. The zero-order valence-electron chi connectivity index (χ0n) is 7.82. The zero-order chi connectivity index (χ0) is 9.47. The SMILES string of the molecule is CN(C)C1(CO)C=c2ccsc2=C1. The normalized spacial score (nSPS) is 25.5. The van der Waals surface area contributed by atoms with E-state index in [1.54, 1.807) is 11.3 Å². The smallest absolute Gasteiger partial charge is 0.0831 e. The molecule has 0 bridgehead atoms. The molecule has 0 amide bonds. The van der Waals surface area contributed by atoms with Gasteiger partial charge in [-0.25, -0.2) is 0 Å². The first-order valence-corrected chi connectivity index (χ1v) is 5.13. The lowest BCUT2D eigenvalue weighted by molar-refractivity contribution is 0.170. The van der Waals surface area contributed by atoms with E-state index in [0.29, 0.717) is 0 Å². The van der Waals surface area contributed by atoms with E-state index in [2.05, 4.69) is 23.6 Å². The van der Waals surface area contributed by atoms with Gasteiger partial charge in [-0.15, -0.1) is 11.3 Å². The standard InChI is InChI=1S/C10H13NOS/c1-11(2)10(7-12)5-8-3-4-13-9(8)6-10/h3-6,12H,7H2,1-2H3. The first-order chi connectivity index (χ1) is 6.18. The lowest BCUT2D eigenvalue weighted by Gasteiger charge is -2.30. The lowest BCUT2D eigenvalue weighted by Crippen LogP contribution is -2.42. The summed E-state index contributed by atoms with van der Waals surface area (Å²) in [5.41, 5.74) is -0.275. The summed E-state index contributed by atoms with van der Waals surface area (Å²) in [5, 5.41) is 12.7. The average Bonchev–Trinajstić information content (AvgIpc) is 2.59. The van der Waals surface area contributed by atoms with Crippen molar-refractivity contribution in [3.8, 4) is 0 Å². The highest BCUT2D eigenvalue weighted by molar-refractivity contribution is 7.07. The second kappa shape index (κ2) is 2.94. The van der Waals surface area contributed by atoms with E-state index in [-0.39, 0.29) is 12.1 Å². The van der Waals surface area contributed by atoms with Gasteiger partial charge >= 0.3 is 0 Å². The Kier molecular flexibility index (Phi) is 2.02. The third kappa shape index (κ3) is 1.24. The Morgan fingerprint density at radius 2 is 2.23 bits per heavy atom. The molecule has 0 fully saturated rings. The molecule has 70 valence electrons. The summed E-state index contributed by atoms with van der Waals surface area (Å²) in [6.07, 6.45) is 4.26. The van der Waals surface area contributed by atoms with Crippen LogP contribution < -0.4 is 9.75 Å². The van der Waals surface area contributed by atoms with Crippen LogP contribution >= 0.6 is 11.3 Å². The minimum absolute atomic E-state index is 0.140.